The Morgan fingerprint density at radius 3 is 1.54 bits per heavy atom. The molecule has 0 atom stereocenters. The highest BCUT2D eigenvalue weighted by atomic mass is 16.5. The van der Waals surface area contributed by atoms with E-state index in [2.05, 4.69) is 13.8 Å². The minimum atomic E-state index is -1.70. The van der Waals surface area contributed by atoms with Crippen molar-refractivity contribution in [3.05, 3.63) is 35.9 Å². The molecule has 1 aromatic rings. The average molecular weight is 363 g/mol. The van der Waals surface area contributed by atoms with Crippen LogP contribution in [0.2, 0.25) is 0 Å². The van der Waals surface area contributed by atoms with Crippen LogP contribution in [0.3, 0.4) is 0 Å². The minimum absolute atomic E-state index is 0.0674. The molecule has 0 fully saturated rings. The number of hydrogen-bond donors (Lipinski definition) is 2. The second kappa shape index (κ2) is 14.2. The Morgan fingerprint density at radius 2 is 1.08 bits per heavy atom. The number of rotatable bonds is 16. The lowest BCUT2D eigenvalue weighted by atomic mass is 9.83. The lowest BCUT2D eigenvalue weighted by Crippen LogP contribution is -2.35. The van der Waals surface area contributed by atoms with Crippen molar-refractivity contribution in [3.63, 3.8) is 0 Å². The molecule has 0 radical (unpaired) electrons. The van der Waals surface area contributed by atoms with Gasteiger partial charge in [0.2, 0.25) is 0 Å². The SMILES string of the molecule is CCCCCCCCC(CCCCCCCC)C(O)(O)c1ccccc1. The Morgan fingerprint density at radius 1 is 0.654 bits per heavy atom. The maximum atomic E-state index is 10.9. The van der Waals surface area contributed by atoms with Crippen LogP contribution in [-0.2, 0) is 5.79 Å². The molecule has 0 saturated carbocycles. The van der Waals surface area contributed by atoms with Gasteiger partial charge in [0.05, 0.1) is 0 Å². The predicted molar refractivity (Wildman–Crippen MR) is 112 cm³/mol. The van der Waals surface area contributed by atoms with E-state index in [-0.39, 0.29) is 5.92 Å². The van der Waals surface area contributed by atoms with Crippen LogP contribution < -0.4 is 0 Å². The third-order valence-corrected chi connectivity index (χ3v) is 5.58. The number of hydrogen-bond acceptors (Lipinski definition) is 2. The maximum Gasteiger partial charge on any atom is 0.192 e. The van der Waals surface area contributed by atoms with E-state index in [1.807, 2.05) is 30.3 Å². The van der Waals surface area contributed by atoms with Crippen LogP contribution in [0.1, 0.15) is 109 Å². The largest absolute Gasteiger partial charge is 0.362 e. The van der Waals surface area contributed by atoms with E-state index in [1.54, 1.807) is 0 Å². The van der Waals surface area contributed by atoms with E-state index in [0.29, 0.717) is 5.56 Å². The maximum absolute atomic E-state index is 10.9. The number of aliphatic hydroxyl groups is 2. The summed E-state index contributed by atoms with van der Waals surface area (Å²) in [6.45, 7) is 4.48. The first-order valence-electron chi connectivity index (χ1n) is 11.1. The number of unbranched alkanes of at least 4 members (excludes halogenated alkanes) is 10. The van der Waals surface area contributed by atoms with Gasteiger partial charge in [-0.05, 0) is 12.8 Å². The summed E-state index contributed by atoms with van der Waals surface area (Å²) in [6.07, 6.45) is 16.7. The zero-order valence-corrected chi connectivity index (χ0v) is 17.3. The first-order valence-corrected chi connectivity index (χ1v) is 11.1. The van der Waals surface area contributed by atoms with Gasteiger partial charge < -0.3 is 10.2 Å². The summed E-state index contributed by atoms with van der Waals surface area (Å²) in [5, 5.41) is 21.8. The summed E-state index contributed by atoms with van der Waals surface area (Å²) in [7, 11) is 0. The zero-order chi connectivity index (χ0) is 19.1. The van der Waals surface area contributed by atoms with Crippen LogP contribution in [0.5, 0.6) is 0 Å². The van der Waals surface area contributed by atoms with Crippen molar-refractivity contribution in [2.75, 3.05) is 0 Å². The van der Waals surface area contributed by atoms with Gasteiger partial charge in [0.1, 0.15) is 0 Å². The van der Waals surface area contributed by atoms with Crippen molar-refractivity contribution < 1.29 is 10.2 Å². The van der Waals surface area contributed by atoms with Crippen LogP contribution in [0.4, 0.5) is 0 Å². The normalized spacial score (nSPS) is 12.0. The van der Waals surface area contributed by atoms with Crippen LogP contribution in [0.15, 0.2) is 30.3 Å². The van der Waals surface area contributed by atoms with Gasteiger partial charge in [-0.15, -0.1) is 0 Å². The van der Waals surface area contributed by atoms with Crippen molar-refractivity contribution in [1.29, 1.82) is 0 Å². The monoisotopic (exact) mass is 362 g/mol. The summed E-state index contributed by atoms with van der Waals surface area (Å²) >= 11 is 0. The molecule has 0 aliphatic rings. The molecule has 0 saturated heterocycles. The first kappa shape index (κ1) is 23.2. The van der Waals surface area contributed by atoms with E-state index in [0.717, 1.165) is 25.7 Å². The van der Waals surface area contributed by atoms with Crippen molar-refractivity contribution in [2.45, 2.75) is 110 Å². The molecule has 1 aromatic carbocycles. The molecule has 0 heterocycles. The first-order chi connectivity index (χ1) is 12.6. The molecule has 0 spiro atoms. The van der Waals surface area contributed by atoms with Crippen LogP contribution in [0, 0.1) is 5.92 Å². The molecule has 1 rings (SSSR count). The van der Waals surface area contributed by atoms with Crippen LogP contribution in [0.25, 0.3) is 0 Å². The van der Waals surface area contributed by atoms with Gasteiger partial charge in [0.15, 0.2) is 5.79 Å². The molecule has 2 heteroatoms. The molecule has 26 heavy (non-hydrogen) atoms. The molecular formula is C24H42O2. The standard InChI is InChI=1S/C24H42O2/c1-3-5-7-9-11-14-18-22(19-15-12-10-8-6-4-2)24(25,26)23-20-16-13-17-21-23/h13,16-17,20-22,25-26H,3-12,14-15,18-19H2,1-2H3. The van der Waals surface area contributed by atoms with Crippen molar-refractivity contribution in [2.24, 2.45) is 5.92 Å². The van der Waals surface area contributed by atoms with Crippen LogP contribution in [-0.4, -0.2) is 10.2 Å². The third kappa shape index (κ3) is 9.19. The highest BCUT2D eigenvalue weighted by Gasteiger charge is 2.35. The Bertz CT molecular complexity index is 411. The van der Waals surface area contributed by atoms with Crippen molar-refractivity contribution in [1.82, 2.24) is 0 Å². The van der Waals surface area contributed by atoms with E-state index >= 15 is 0 Å². The quantitative estimate of drug-likeness (QED) is 0.247. The third-order valence-electron chi connectivity index (χ3n) is 5.58. The Labute approximate surface area is 162 Å². The predicted octanol–water partition coefficient (Wildman–Crippen LogP) is 6.94. The molecular weight excluding hydrogens is 320 g/mol. The lowest BCUT2D eigenvalue weighted by molar-refractivity contribution is -0.214. The second-order valence-corrected chi connectivity index (χ2v) is 7.90. The van der Waals surface area contributed by atoms with Gasteiger partial charge in [-0.25, -0.2) is 0 Å². The van der Waals surface area contributed by atoms with E-state index in [4.69, 9.17) is 0 Å². The van der Waals surface area contributed by atoms with Gasteiger partial charge in [0.25, 0.3) is 0 Å². The van der Waals surface area contributed by atoms with Gasteiger partial charge >= 0.3 is 0 Å². The van der Waals surface area contributed by atoms with E-state index < -0.39 is 5.79 Å². The van der Waals surface area contributed by atoms with Gasteiger partial charge in [-0.2, -0.15) is 0 Å². The Kier molecular flexibility index (Phi) is 12.7. The zero-order valence-electron chi connectivity index (χ0n) is 17.3. The van der Waals surface area contributed by atoms with Gasteiger partial charge in [-0.3, -0.25) is 0 Å². The van der Waals surface area contributed by atoms with Gasteiger partial charge in [-0.1, -0.05) is 121 Å². The van der Waals surface area contributed by atoms with Gasteiger partial charge in [0, 0.05) is 11.5 Å². The molecule has 2 nitrogen and oxygen atoms in total. The highest BCUT2D eigenvalue weighted by molar-refractivity contribution is 5.20. The number of benzene rings is 1. The van der Waals surface area contributed by atoms with Crippen molar-refractivity contribution in [3.8, 4) is 0 Å². The molecule has 0 aromatic heterocycles. The highest BCUT2D eigenvalue weighted by Crippen LogP contribution is 2.34. The Hall–Kier alpha value is -0.860. The molecule has 2 N–H and O–H groups in total. The summed E-state index contributed by atoms with van der Waals surface area (Å²) in [4.78, 5) is 0. The fourth-order valence-corrected chi connectivity index (χ4v) is 3.81. The second-order valence-electron chi connectivity index (χ2n) is 7.90. The van der Waals surface area contributed by atoms with E-state index in [9.17, 15) is 10.2 Å². The molecule has 0 aliphatic carbocycles. The summed E-state index contributed by atoms with van der Waals surface area (Å²) < 4.78 is 0. The lowest BCUT2D eigenvalue weighted by Gasteiger charge is -2.32. The molecule has 0 unspecified atom stereocenters. The smallest absolute Gasteiger partial charge is 0.192 e. The summed E-state index contributed by atoms with van der Waals surface area (Å²) in [5.74, 6) is -1.77. The Balaban J connectivity index is 2.51. The van der Waals surface area contributed by atoms with Crippen molar-refractivity contribution >= 4 is 0 Å². The van der Waals surface area contributed by atoms with E-state index in [1.165, 1.54) is 64.2 Å². The molecule has 0 bridgehead atoms. The molecule has 0 aliphatic heterocycles. The topological polar surface area (TPSA) is 40.5 Å². The molecule has 150 valence electrons. The molecule has 0 amide bonds. The minimum Gasteiger partial charge on any atom is -0.362 e. The average Bonchev–Trinajstić information content (AvgIpc) is 2.66. The fourth-order valence-electron chi connectivity index (χ4n) is 3.81. The van der Waals surface area contributed by atoms with Crippen LogP contribution >= 0.6 is 0 Å². The summed E-state index contributed by atoms with van der Waals surface area (Å²) in [6, 6.07) is 9.40. The summed E-state index contributed by atoms with van der Waals surface area (Å²) in [5.41, 5.74) is 0.641. The fraction of sp³-hybridized carbons (Fsp3) is 0.750.